The van der Waals surface area contributed by atoms with Gasteiger partial charge >= 0.3 is 12.1 Å². The van der Waals surface area contributed by atoms with Gasteiger partial charge in [-0.2, -0.15) is 13.2 Å². The number of benzene rings is 2. The largest absolute Gasteiger partial charge is 0.493 e. The van der Waals surface area contributed by atoms with Gasteiger partial charge in [-0.15, -0.1) is 0 Å². The third-order valence-corrected chi connectivity index (χ3v) is 10.0. The number of aromatic amines is 2. The van der Waals surface area contributed by atoms with Crippen molar-refractivity contribution in [2.24, 2.45) is 5.92 Å². The number of likely N-dealkylation sites (tertiary alicyclic amines) is 1. The average molecular weight is 716 g/mol. The minimum Gasteiger partial charge on any atom is -0.493 e. The molecule has 0 radical (unpaired) electrons. The summed E-state index contributed by atoms with van der Waals surface area (Å²) in [4.78, 5) is 64.0. The van der Waals surface area contributed by atoms with E-state index < -0.39 is 46.4 Å². The molecule has 2 atom stereocenters. The van der Waals surface area contributed by atoms with Crippen LogP contribution >= 0.6 is 0 Å². The number of aromatic nitrogens is 3. The highest BCUT2D eigenvalue weighted by molar-refractivity contribution is 6.12. The first-order chi connectivity index (χ1) is 24.8. The van der Waals surface area contributed by atoms with Gasteiger partial charge in [-0.05, 0) is 48.7 Å². The highest BCUT2D eigenvalue weighted by atomic mass is 19.4. The van der Waals surface area contributed by atoms with Crippen molar-refractivity contribution in [2.75, 3.05) is 40.3 Å². The monoisotopic (exact) mass is 715 g/mol. The molecule has 4 heterocycles. The number of ether oxygens (including phenoxy) is 4. The number of H-pyrrole nitrogens is 2. The number of alkyl halides is 3. The summed E-state index contributed by atoms with van der Waals surface area (Å²) in [5.41, 5.74) is -2.15. The molecule has 3 aliphatic rings. The number of esters is 1. The second-order valence-corrected chi connectivity index (χ2v) is 12.7. The van der Waals surface area contributed by atoms with Crippen LogP contribution in [-0.4, -0.2) is 78.4 Å². The summed E-state index contributed by atoms with van der Waals surface area (Å²) >= 11 is 0. The Morgan fingerprint density at radius 3 is 2.44 bits per heavy atom. The van der Waals surface area contributed by atoms with E-state index in [0.717, 1.165) is 7.11 Å². The number of nitrogens with zero attached hydrogens (tertiary/aromatic N) is 2. The number of fused-ring (bicyclic) bond motifs is 3. The molecule has 1 spiro atoms. The molecule has 2 aliphatic carbocycles. The van der Waals surface area contributed by atoms with Gasteiger partial charge < -0.3 is 39.1 Å². The van der Waals surface area contributed by atoms with Crippen molar-refractivity contribution in [1.82, 2.24) is 19.9 Å². The number of piperidine rings is 1. The number of pyridine rings is 1. The van der Waals surface area contributed by atoms with E-state index in [2.05, 4.69) is 20.3 Å². The zero-order valence-electron chi connectivity index (χ0n) is 27.9. The van der Waals surface area contributed by atoms with Crippen LogP contribution in [0.3, 0.4) is 0 Å². The molecule has 2 amide bonds. The Bertz CT molecular complexity index is 2450. The van der Waals surface area contributed by atoms with Crippen LogP contribution in [0.15, 0.2) is 54.4 Å². The number of carbonyl (C=O) groups is 4. The first-order valence-electron chi connectivity index (χ1n) is 15.9. The van der Waals surface area contributed by atoms with Crippen molar-refractivity contribution < 1.29 is 51.3 Å². The maximum atomic E-state index is 14.0. The van der Waals surface area contributed by atoms with Crippen LogP contribution in [-0.2, 0) is 16.3 Å². The molecule has 16 heteroatoms. The number of hydrogen-bond donors (Lipinski definition) is 3. The first-order valence-corrected chi connectivity index (χ1v) is 15.9. The maximum Gasteiger partial charge on any atom is 0.432 e. The zero-order chi connectivity index (χ0) is 36.9. The Morgan fingerprint density at radius 1 is 0.981 bits per heavy atom. The van der Waals surface area contributed by atoms with Crippen molar-refractivity contribution in [1.29, 1.82) is 0 Å². The van der Waals surface area contributed by atoms with Crippen molar-refractivity contribution in [3.05, 3.63) is 88.3 Å². The van der Waals surface area contributed by atoms with E-state index in [0.29, 0.717) is 51.0 Å². The van der Waals surface area contributed by atoms with E-state index in [9.17, 15) is 32.3 Å². The van der Waals surface area contributed by atoms with Crippen LogP contribution in [0, 0.1) is 5.92 Å². The van der Waals surface area contributed by atoms with Gasteiger partial charge in [0.25, 0.3) is 11.8 Å². The fourth-order valence-electron chi connectivity index (χ4n) is 7.66. The Balaban J connectivity index is 1.07. The lowest BCUT2D eigenvalue weighted by Crippen LogP contribution is -2.34. The van der Waals surface area contributed by atoms with E-state index >= 15 is 0 Å². The van der Waals surface area contributed by atoms with Gasteiger partial charge in [-0.3, -0.25) is 19.4 Å². The Morgan fingerprint density at radius 2 is 1.75 bits per heavy atom. The molecule has 3 aromatic heterocycles. The maximum absolute atomic E-state index is 14.0. The lowest BCUT2D eigenvalue weighted by molar-refractivity contribution is -0.141. The Hall–Kier alpha value is -6.32. The quantitative estimate of drug-likeness (QED) is 0.181. The summed E-state index contributed by atoms with van der Waals surface area (Å²) in [5, 5.41) is 4.64. The van der Waals surface area contributed by atoms with E-state index in [1.807, 2.05) is 0 Å². The fourth-order valence-corrected chi connectivity index (χ4v) is 7.66. The smallest absolute Gasteiger partial charge is 0.432 e. The van der Waals surface area contributed by atoms with Crippen molar-refractivity contribution >= 4 is 50.9 Å². The van der Waals surface area contributed by atoms with Crippen molar-refractivity contribution in [3.63, 3.8) is 0 Å². The summed E-state index contributed by atoms with van der Waals surface area (Å²) in [6.45, 7) is 0.128. The van der Waals surface area contributed by atoms with Gasteiger partial charge in [0, 0.05) is 62.9 Å². The first kappa shape index (κ1) is 32.9. The van der Waals surface area contributed by atoms with Crippen molar-refractivity contribution in [2.45, 2.75) is 18.0 Å². The van der Waals surface area contributed by atoms with Gasteiger partial charge in [0.05, 0.1) is 39.7 Å². The molecule has 266 valence electrons. The summed E-state index contributed by atoms with van der Waals surface area (Å²) in [6.07, 6.45) is -1.91. The summed E-state index contributed by atoms with van der Waals surface area (Å²) < 4.78 is 63.2. The number of amides is 2. The highest BCUT2D eigenvalue weighted by Crippen LogP contribution is 2.68. The average Bonchev–Trinajstić information content (AvgIpc) is 3.42. The lowest BCUT2D eigenvalue weighted by atomic mass is 9.82. The third-order valence-electron chi connectivity index (χ3n) is 10.0. The Labute approximate surface area is 291 Å². The molecule has 2 aromatic carbocycles. The number of ketones is 1. The summed E-state index contributed by atoms with van der Waals surface area (Å²) in [6, 6.07) is 9.85. The van der Waals surface area contributed by atoms with E-state index in [-0.39, 0.29) is 40.8 Å². The number of nitrogens with one attached hydrogen (secondary N) is 3. The molecule has 2 unspecified atom stereocenters. The third kappa shape index (κ3) is 4.66. The SMILES string of the molecule is COC(=O)c1c(C(F)(F)F)[nH]c2c1C13CC1CN(C(=O)c1cc4cc(NC(=O)c5cc6c(OC)c(OC)c(OC)cc6cn5)ccc4[nH]1)C3=CC2=O. The van der Waals surface area contributed by atoms with Crippen LogP contribution in [0.1, 0.15) is 59.5 Å². The number of halogens is 3. The molecule has 2 fully saturated rings. The second-order valence-electron chi connectivity index (χ2n) is 12.7. The second kappa shape index (κ2) is 11.3. The van der Waals surface area contributed by atoms with Crippen LogP contribution in [0.25, 0.3) is 21.7 Å². The van der Waals surface area contributed by atoms with Crippen LogP contribution in [0.4, 0.5) is 18.9 Å². The number of carbonyl (C=O) groups excluding carboxylic acids is 4. The van der Waals surface area contributed by atoms with E-state index in [1.54, 1.807) is 36.4 Å². The molecule has 8 rings (SSSR count). The van der Waals surface area contributed by atoms with Gasteiger partial charge in [-0.1, -0.05) is 0 Å². The van der Waals surface area contributed by atoms with Gasteiger partial charge in [-0.25, -0.2) is 4.79 Å². The molecule has 13 nitrogen and oxygen atoms in total. The van der Waals surface area contributed by atoms with E-state index in [1.165, 1.54) is 38.5 Å². The van der Waals surface area contributed by atoms with Crippen LogP contribution in [0.2, 0.25) is 0 Å². The summed E-state index contributed by atoms with van der Waals surface area (Å²) in [7, 11) is 5.42. The van der Waals surface area contributed by atoms with Crippen LogP contribution < -0.4 is 19.5 Å². The molecular weight excluding hydrogens is 687 g/mol. The standard InChI is InChI=1S/C36H28F3N5O8/c1-49-24-9-16-13-40-21(10-19(16)29(50-2)30(24)51-3)32(46)41-18-5-6-20-15(7-18)8-22(42-20)33(47)44-14-17-12-35(17)25(44)11-23(45)28-27(35)26(34(48)52-4)31(43-28)36(37,38)39/h5-11,13,17,42-43H,12,14H2,1-4H3,(H,41,46). The number of methoxy groups -OCH3 is 4. The lowest BCUT2D eigenvalue weighted by Gasteiger charge is -2.28. The predicted octanol–water partition coefficient (Wildman–Crippen LogP) is 5.62. The number of allylic oxidation sites excluding steroid dienone is 2. The van der Waals surface area contributed by atoms with Crippen molar-refractivity contribution in [3.8, 4) is 17.2 Å². The van der Waals surface area contributed by atoms with Crippen LogP contribution in [0.5, 0.6) is 17.2 Å². The molecule has 1 saturated carbocycles. The Kier molecular flexibility index (Phi) is 7.17. The number of hydrogen-bond acceptors (Lipinski definition) is 9. The zero-order valence-corrected chi connectivity index (χ0v) is 27.9. The van der Waals surface area contributed by atoms with Gasteiger partial charge in [0.15, 0.2) is 11.5 Å². The highest BCUT2D eigenvalue weighted by Gasteiger charge is 2.69. The number of rotatable bonds is 7. The molecule has 5 aromatic rings. The van der Waals surface area contributed by atoms with Gasteiger partial charge in [0.1, 0.15) is 17.1 Å². The predicted molar refractivity (Wildman–Crippen MR) is 178 cm³/mol. The molecule has 1 saturated heterocycles. The van der Waals surface area contributed by atoms with E-state index in [4.69, 9.17) is 18.9 Å². The van der Waals surface area contributed by atoms with Gasteiger partial charge in [0.2, 0.25) is 11.5 Å². The molecule has 52 heavy (non-hydrogen) atoms. The summed E-state index contributed by atoms with van der Waals surface area (Å²) in [5.74, 6) is -2.16. The topological polar surface area (TPSA) is 165 Å². The minimum atomic E-state index is -4.96. The fraction of sp³-hybridized carbons (Fsp3) is 0.250. The molecule has 3 N–H and O–H groups in total. The number of anilines is 1. The normalized spacial score (nSPS) is 18.8. The molecule has 0 bridgehead atoms. The molecule has 1 aliphatic heterocycles. The molecular formula is C36H28F3N5O8. The minimum absolute atomic E-state index is 0.0790.